The molecule has 0 radical (unpaired) electrons. The number of carbonyl (C=O) groups excluding carboxylic acids is 2. The first-order valence-corrected chi connectivity index (χ1v) is 4.20. The van der Waals surface area contributed by atoms with Crippen LogP contribution in [-0.2, 0) is 14.3 Å². The molecule has 1 fully saturated rings. The van der Waals surface area contributed by atoms with Crippen LogP contribution in [0.25, 0.3) is 0 Å². The average molecular weight is 186 g/mol. The Morgan fingerprint density at radius 1 is 1.46 bits per heavy atom. The molecule has 0 spiro atoms. The van der Waals surface area contributed by atoms with Crippen molar-refractivity contribution < 1.29 is 14.3 Å². The van der Waals surface area contributed by atoms with Crippen molar-refractivity contribution in [2.75, 3.05) is 7.11 Å². The monoisotopic (exact) mass is 186 g/mol. The number of esters is 1. The maximum absolute atomic E-state index is 11.2. The molecular formula is C8H14N2O3. The van der Waals surface area contributed by atoms with Crippen molar-refractivity contribution in [3.05, 3.63) is 0 Å². The van der Waals surface area contributed by atoms with E-state index in [1.54, 1.807) is 13.8 Å². The zero-order valence-corrected chi connectivity index (χ0v) is 7.96. The number of hydrogen-bond acceptors (Lipinski definition) is 4. The molecule has 1 heterocycles. The minimum atomic E-state index is -0.447. The van der Waals surface area contributed by atoms with Crippen molar-refractivity contribution in [2.45, 2.75) is 32.0 Å². The highest BCUT2D eigenvalue weighted by Gasteiger charge is 2.34. The molecule has 3 atom stereocenters. The van der Waals surface area contributed by atoms with E-state index in [1.807, 2.05) is 0 Å². The van der Waals surface area contributed by atoms with E-state index in [4.69, 9.17) is 0 Å². The molecule has 2 unspecified atom stereocenters. The maximum Gasteiger partial charge on any atom is 0.325 e. The lowest BCUT2D eigenvalue weighted by Crippen LogP contribution is -2.64. The standard InChI is InChI=1S/C8H14N2O3/c1-4-6(8(12)13-3)9-5(2)7(11)10-4/h4-6,9H,1-3H3,(H,10,11)/t4?,5-,6?/m0/s1. The van der Waals surface area contributed by atoms with Crippen molar-refractivity contribution >= 4 is 11.9 Å². The Kier molecular flexibility index (Phi) is 2.87. The van der Waals surface area contributed by atoms with Gasteiger partial charge in [-0.1, -0.05) is 0 Å². The molecule has 5 nitrogen and oxygen atoms in total. The third-order valence-corrected chi connectivity index (χ3v) is 2.15. The first kappa shape index (κ1) is 9.98. The minimum Gasteiger partial charge on any atom is -0.468 e. The van der Waals surface area contributed by atoms with E-state index in [1.165, 1.54) is 7.11 Å². The third-order valence-electron chi connectivity index (χ3n) is 2.15. The van der Waals surface area contributed by atoms with Gasteiger partial charge in [-0.15, -0.1) is 0 Å². The Bertz CT molecular complexity index is 229. The lowest BCUT2D eigenvalue weighted by molar-refractivity contribution is -0.146. The molecule has 0 aliphatic carbocycles. The van der Waals surface area contributed by atoms with Gasteiger partial charge in [0.25, 0.3) is 0 Å². The van der Waals surface area contributed by atoms with Gasteiger partial charge in [0.2, 0.25) is 5.91 Å². The summed E-state index contributed by atoms with van der Waals surface area (Å²) in [7, 11) is 1.33. The first-order chi connectivity index (χ1) is 6.06. The molecule has 1 aliphatic heterocycles. The van der Waals surface area contributed by atoms with Gasteiger partial charge in [-0.25, -0.2) is 0 Å². The summed E-state index contributed by atoms with van der Waals surface area (Å²) in [5, 5.41) is 5.57. The molecule has 1 saturated heterocycles. The molecule has 2 N–H and O–H groups in total. The van der Waals surface area contributed by atoms with E-state index in [0.717, 1.165) is 0 Å². The van der Waals surface area contributed by atoms with Crippen LogP contribution in [0.4, 0.5) is 0 Å². The van der Waals surface area contributed by atoms with E-state index in [0.29, 0.717) is 0 Å². The second-order valence-corrected chi connectivity index (χ2v) is 3.19. The Labute approximate surface area is 76.8 Å². The molecule has 0 aromatic rings. The normalized spacial score (nSPS) is 33.8. The van der Waals surface area contributed by atoms with Crippen LogP contribution in [0.1, 0.15) is 13.8 Å². The summed E-state index contributed by atoms with van der Waals surface area (Å²) in [6.07, 6.45) is 0. The number of rotatable bonds is 1. The van der Waals surface area contributed by atoms with Gasteiger partial charge in [0.05, 0.1) is 19.2 Å². The summed E-state index contributed by atoms with van der Waals surface area (Å²) in [5.74, 6) is -0.438. The van der Waals surface area contributed by atoms with Crippen molar-refractivity contribution in [2.24, 2.45) is 0 Å². The SMILES string of the molecule is COC(=O)C1N[C@@H](C)C(=O)NC1C. The van der Waals surface area contributed by atoms with Crippen LogP contribution in [0, 0.1) is 0 Å². The van der Waals surface area contributed by atoms with Gasteiger partial charge in [0.15, 0.2) is 0 Å². The quantitative estimate of drug-likeness (QED) is 0.517. The summed E-state index contributed by atoms with van der Waals surface area (Å²) in [6, 6.07) is -1.02. The number of hydrogen-bond donors (Lipinski definition) is 2. The van der Waals surface area contributed by atoms with Crippen molar-refractivity contribution in [1.82, 2.24) is 10.6 Å². The second kappa shape index (κ2) is 3.74. The van der Waals surface area contributed by atoms with E-state index >= 15 is 0 Å². The summed E-state index contributed by atoms with van der Waals surface area (Å²) in [6.45, 7) is 3.47. The number of methoxy groups -OCH3 is 1. The molecule has 0 aromatic heterocycles. The van der Waals surface area contributed by atoms with Crippen LogP contribution in [0.2, 0.25) is 0 Å². The van der Waals surface area contributed by atoms with Crippen LogP contribution in [0.5, 0.6) is 0 Å². The largest absolute Gasteiger partial charge is 0.468 e. The van der Waals surface area contributed by atoms with Crippen molar-refractivity contribution in [3.8, 4) is 0 Å². The fourth-order valence-corrected chi connectivity index (χ4v) is 1.32. The molecule has 13 heavy (non-hydrogen) atoms. The Morgan fingerprint density at radius 3 is 2.62 bits per heavy atom. The highest BCUT2D eigenvalue weighted by Crippen LogP contribution is 2.04. The number of carbonyl (C=O) groups is 2. The molecule has 1 amide bonds. The zero-order valence-electron chi connectivity index (χ0n) is 7.96. The summed E-state index contributed by atoms with van der Waals surface area (Å²) in [5.41, 5.74) is 0. The molecule has 5 heteroatoms. The number of ether oxygens (including phenoxy) is 1. The molecule has 1 aliphatic rings. The predicted molar refractivity (Wildman–Crippen MR) is 46.0 cm³/mol. The van der Waals surface area contributed by atoms with E-state index in [2.05, 4.69) is 15.4 Å². The summed E-state index contributed by atoms with van der Waals surface area (Å²) >= 11 is 0. The summed E-state index contributed by atoms with van der Waals surface area (Å²) < 4.78 is 4.59. The molecule has 74 valence electrons. The van der Waals surface area contributed by atoms with E-state index in [9.17, 15) is 9.59 Å². The first-order valence-electron chi connectivity index (χ1n) is 4.20. The Balaban J connectivity index is 2.66. The molecule has 0 saturated carbocycles. The van der Waals surface area contributed by atoms with Crippen LogP contribution >= 0.6 is 0 Å². The average Bonchev–Trinajstić information content (AvgIpc) is 2.10. The van der Waals surface area contributed by atoms with E-state index in [-0.39, 0.29) is 24.0 Å². The van der Waals surface area contributed by atoms with Gasteiger partial charge in [-0.2, -0.15) is 0 Å². The van der Waals surface area contributed by atoms with Gasteiger partial charge < -0.3 is 10.1 Å². The second-order valence-electron chi connectivity index (χ2n) is 3.19. The van der Waals surface area contributed by atoms with Gasteiger partial charge in [0, 0.05) is 0 Å². The van der Waals surface area contributed by atoms with Crippen LogP contribution < -0.4 is 10.6 Å². The number of amides is 1. The molecule has 0 aromatic carbocycles. The van der Waals surface area contributed by atoms with Crippen LogP contribution in [0.15, 0.2) is 0 Å². The maximum atomic E-state index is 11.2. The molecular weight excluding hydrogens is 172 g/mol. The van der Waals surface area contributed by atoms with Crippen LogP contribution in [0.3, 0.4) is 0 Å². The van der Waals surface area contributed by atoms with Crippen molar-refractivity contribution in [1.29, 1.82) is 0 Å². The smallest absolute Gasteiger partial charge is 0.325 e. The predicted octanol–water partition coefficient (Wildman–Crippen LogP) is -0.976. The highest BCUT2D eigenvalue weighted by molar-refractivity contribution is 5.86. The number of nitrogens with one attached hydrogen (secondary N) is 2. The van der Waals surface area contributed by atoms with Gasteiger partial charge in [-0.05, 0) is 13.8 Å². The van der Waals surface area contributed by atoms with Crippen LogP contribution in [-0.4, -0.2) is 37.1 Å². The zero-order chi connectivity index (χ0) is 10.0. The van der Waals surface area contributed by atoms with Crippen molar-refractivity contribution in [3.63, 3.8) is 0 Å². The van der Waals surface area contributed by atoms with Gasteiger partial charge >= 0.3 is 5.97 Å². The highest BCUT2D eigenvalue weighted by atomic mass is 16.5. The lowest BCUT2D eigenvalue weighted by Gasteiger charge is -2.32. The van der Waals surface area contributed by atoms with Gasteiger partial charge in [0.1, 0.15) is 6.04 Å². The molecule has 0 bridgehead atoms. The Morgan fingerprint density at radius 2 is 2.08 bits per heavy atom. The summed E-state index contributed by atoms with van der Waals surface area (Å²) in [4.78, 5) is 22.3. The van der Waals surface area contributed by atoms with E-state index < -0.39 is 6.04 Å². The van der Waals surface area contributed by atoms with Gasteiger partial charge in [-0.3, -0.25) is 14.9 Å². The minimum absolute atomic E-state index is 0.0901. The lowest BCUT2D eigenvalue weighted by atomic mass is 10.0. The Hall–Kier alpha value is -1.10. The fourth-order valence-electron chi connectivity index (χ4n) is 1.32. The fraction of sp³-hybridized carbons (Fsp3) is 0.750. The molecule has 1 rings (SSSR count). The topological polar surface area (TPSA) is 67.4 Å². The third kappa shape index (κ3) is 1.98. The number of piperazine rings is 1.